The van der Waals surface area contributed by atoms with E-state index in [0.29, 0.717) is 43.1 Å². The summed E-state index contributed by atoms with van der Waals surface area (Å²) in [6.07, 6.45) is 5.17. The van der Waals surface area contributed by atoms with Gasteiger partial charge in [0.1, 0.15) is 18.4 Å². The van der Waals surface area contributed by atoms with Gasteiger partial charge in [0.25, 0.3) is 0 Å². The lowest BCUT2D eigenvalue weighted by Crippen LogP contribution is -2.40. The SMILES string of the molecule is C=C(CCCCCCC(=O)Nc1cccc(OCCN[C@@H](Cc2ccccc2)C(=O)O)c1)NO. The Balaban J connectivity index is 1.67. The second-order valence-electron chi connectivity index (χ2n) is 8.09. The minimum atomic E-state index is -0.902. The topological polar surface area (TPSA) is 120 Å². The Labute approximate surface area is 201 Å². The summed E-state index contributed by atoms with van der Waals surface area (Å²) in [5, 5.41) is 24.0. The number of aliphatic carboxylic acids is 1. The molecule has 0 aromatic heterocycles. The van der Waals surface area contributed by atoms with E-state index < -0.39 is 12.0 Å². The van der Waals surface area contributed by atoms with Crippen LogP contribution >= 0.6 is 0 Å². The molecule has 0 aliphatic rings. The summed E-state index contributed by atoms with van der Waals surface area (Å²) in [6.45, 7) is 4.34. The van der Waals surface area contributed by atoms with Gasteiger partial charge in [0.15, 0.2) is 0 Å². The van der Waals surface area contributed by atoms with Crippen LogP contribution in [0.3, 0.4) is 0 Å². The Bertz CT molecular complexity index is 904. The minimum Gasteiger partial charge on any atom is -0.492 e. The molecule has 0 saturated carbocycles. The third kappa shape index (κ3) is 11.0. The molecule has 0 saturated heterocycles. The first-order valence-electron chi connectivity index (χ1n) is 11.6. The minimum absolute atomic E-state index is 0.0505. The molecule has 5 N–H and O–H groups in total. The van der Waals surface area contributed by atoms with Crippen molar-refractivity contribution in [3.05, 3.63) is 72.4 Å². The van der Waals surface area contributed by atoms with Crippen molar-refractivity contribution >= 4 is 17.6 Å². The quantitative estimate of drug-likeness (QED) is 0.175. The average Bonchev–Trinajstić information content (AvgIpc) is 2.83. The maximum absolute atomic E-state index is 12.2. The van der Waals surface area contributed by atoms with Gasteiger partial charge in [-0.1, -0.05) is 55.8 Å². The zero-order valence-electron chi connectivity index (χ0n) is 19.5. The van der Waals surface area contributed by atoms with Crippen LogP contribution in [0.5, 0.6) is 5.75 Å². The third-order valence-corrected chi connectivity index (χ3v) is 5.25. The second kappa shape index (κ2) is 15.5. The highest BCUT2D eigenvalue weighted by Gasteiger charge is 2.17. The van der Waals surface area contributed by atoms with Crippen molar-refractivity contribution in [2.24, 2.45) is 0 Å². The van der Waals surface area contributed by atoms with E-state index in [1.807, 2.05) is 35.8 Å². The van der Waals surface area contributed by atoms with Crippen LogP contribution in [0.1, 0.15) is 44.1 Å². The van der Waals surface area contributed by atoms with Gasteiger partial charge < -0.3 is 20.5 Å². The van der Waals surface area contributed by atoms with Crippen molar-refractivity contribution in [1.82, 2.24) is 10.8 Å². The maximum Gasteiger partial charge on any atom is 0.321 e. The third-order valence-electron chi connectivity index (χ3n) is 5.25. The molecule has 0 bridgehead atoms. The van der Waals surface area contributed by atoms with E-state index in [2.05, 4.69) is 17.2 Å². The number of allylic oxidation sites excluding steroid dienone is 1. The monoisotopic (exact) mass is 469 g/mol. The van der Waals surface area contributed by atoms with Gasteiger partial charge in [-0.15, -0.1) is 0 Å². The van der Waals surface area contributed by atoms with Crippen LogP contribution in [0, 0.1) is 0 Å². The fourth-order valence-corrected chi connectivity index (χ4v) is 3.42. The number of rotatable bonds is 17. The van der Waals surface area contributed by atoms with Gasteiger partial charge in [-0.3, -0.25) is 20.3 Å². The Morgan fingerprint density at radius 2 is 1.71 bits per heavy atom. The van der Waals surface area contributed by atoms with E-state index in [1.54, 1.807) is 24.3 Å². The average molecular weight is 470 g/mol. The molecule has 1 amide bonds. The molecular weight excluding hydrogens is 434 g/mol. The normalized spacial score (nSPS) is 11.4. The van der Waals surface area contributed by atoms with Crippen LogP contribution in [0.15, 0.2) is 66.9 Å². The van der Waals surface area contributed by atoms with Crippen LogP contribution in [0.2, 0.25) is 0 Å². The zero-order valence-corrected chi connectivity index (χ0v) is 19.5. The molecule has 2 aromatic carbocycles. The summed E-state index contributed by atoms with van der Waals surface area (Å²) >= 11 is 0. The van der Waals surface area contributed by atoms with Crippen LogP contribution in [0.4, 0.5) is 5.69 Å². The van der Waals surface area contributed by atoms with Crippen molar-refractivity contribution in [2.75, 3.05) is 18.5 Å². The molecule has 0 aliphatic heterocycles. The maximum atomic E-state index is 12.2. The van der Waals surface area contributed by atoms with Gasteiger partial charge >= 0.3 is 5.97 Å². The summed E-state index contributed by atoms with van der Waals surface area (Å²) in [5.41, 5.74) is 4.26. The number of unbranched alkanes of at least 4 members (excludes halogenated alkanes) is 3. The largest absolute Gasteiger partial charge is 0.492 e. The van der Waals surface area contributed by atoms with Gasteiger partial charge in [0.2, 0.25) is 5.91 Å². The van der Waals surface area contributed by atoms with Crippen molar-refractivity contribution < 1.29 is 24.6 Å². The first-order chi connectivity index (χ1) is 16.5. The molecule has 184 valence electrons. The number of anilines is 1. The van der Waals surface area contributed by atoms with Crippen molar-refractivity contribution in [3.63, 3.8) is 0 Å². The number of hydrogen-bond donors (Lipinski definition) is 5. The van der Waals surface area contributed by atoms with E-state index in [0.717, 1.165) is 37.7 Å². The number of ether oxygens (including phenoxy) is 1. The van der Waals surface area contributed by atoms with E-state index in [-0.39, 0.29) is 5.91 Å². The Hall–Kier alpha value is -3.36. The van der Waals surface area contributed by atoms with Crippen LogP contribution in [0.25, 0.3) is 0 Å². The van der Waals surface area contributed by atoms with Crippen molar-refractivity contribution in [3.8, 4) is 5.75 Å². The highest BCUT2D eigenvalue weighted by Crippen LogP contribution is 2.18. The highest BCUT2D eigenvalue weighted by molar-refractivity contribution is 5.90. The lowest BCUT2D eigenvalue weighted by Gasteiger charge is -2.15. The molecule has 2 aromatic rings. The van der Waals surface area contributed by atoms with E-state index in [9.17, 15) is 14.7 Å². The molecule has 0 unspecified atom stereocenters. The number of carboxylic acids is 1. The number of hydrogen-bond acceptors (Lipinski definition) is 6. The molecule has 0 fully saturated rings. The number of carboxylic acid groups (broad SMARTS) is 1. The van der Waals surface area contributed by atoms with Gasteiger partial charge in [-0.2, -0.15) is 0 Å². The standard InChI is InChI=1S/C26H35N3O5/c1-20(29-33)10-5-2-3-8-15-25(30)28-22-13-9-14-23(19-22)34-17-16-27-24(26(31)32)18-21-11-6-4-7-12-21/h4,6-7,9,11-14,19,24,27,29,33H,1-3,5,8,10,15-18H2,(H,28,30)(H,31,32)/t24-/m0/s1. The van der Waals surface area contributed by atoms with E-state index >= 15 is 0 Å². The number of carbonyl (C=O) groups excluding carboxylic acids is 1. The zero-order chi connectivity index (χ0) is 24.6. The number of hydroxylamine groups is 1. The van der Waals surface area contributed by atoms with Gasteiger partial charge in [0, 0.05) is 30.4 Å². The van der Waals surface area contributed by atoms with E-state index in [1.165, 1.54) is 0 Å². The molecule has 0 heterocycles. The lowest BCUT2D eigenvalue weighted by molar-refractivity contribution is -0.139. The predicted octanol–water partition coefficient (Wildman–Crippen LogP) is 4.12. The van der Waals surface area contributed by atoms with Crippen molar-refractivity contribution in [1.29, 1.82) is 0 Å². The molecule has 0 radical (unpaired) electrons. The molecule has 8 heteroatoms. The van der Waals surface area contributed by atoms with Crippen molar-refractivity contribution in [2.45, 2.75) is 51.0 Å². The smallest absolute Gasteiger partial charge is 0.321 e. The van der Waals surface area contributed by atoms with Crippen LogP contribution in [-0.4, -0.2) is 41.4 Å². The van der Waals surface area contributed by atoms with E-state index in [4.69, 9.17) is 9.94 Å². The fraction of sp³-hybridized carbons (Fsp3) is 0.385. The molecule has 0 aliphatic carbocycles. The number of benzene rings is 2. The summed E-state index contributed by atoms with van der Waals surface area (Å²) in [6, 6.07) is 15.9. The van der Waals surface area contributed by atoms with Gasteiger partial charge in [-0.25, -0.2) is 0 Å². The molecule has 8 nitrogen and oxygen atoms in total. The summed E-state index contributed by atoms with van der Waals surface area (Å²) in [5.74, 6) is -0.348. The number of nitrogens with one attached hydrogen (secondary N) is 3. The Morgan fingerprint density at radius 3 is 2.41 bits per heavy atom. The lowest BCUT2D eigenvalue weighted by atomic mass is 10.1. The van der Waals surface area contributed by atoms with Crippen LogP contribution in [-0.2, 0) is 16.0 Å². The van der Waals surface area contributed by atoms with Gasteiger partial charge in [0.05, 0.1) is 0 Å². The van der Waals surface area contributed by atoms with Crippen LogP contribution < -0.4 is 20.9 Å². The van der Waals surface area contributed by atoms with Gasteiger partial charge in [-0.05, 0) is 43.4 Å². The fourth-order valence-electron chi connectivity index (χ4n) is 3.42. The first-order valence-corrected chi connectivity index (χ1v) is 11.6. The molecule has 2 rings (SSSR count). The number of carbonyl (C=O) groups is 2. The Kier molecular flexibility index (Phi) is 12.2. The highest BCUT2D eigenvalue weighted by atomic mass is 16.5. The first kappa shape index (κ1) is 26.9. The molecular formula is C26H35N3O5. The summed E-state index contributed by atoms with van der Waals surface area (Å²) in [4.78, 5) is 23.7. The summed E-state index contributed by atoms with van der Waals surface area (Å²) in [7, 11) is 0. The Morgan fingerprint density at radius 1 is 0.971 bits per heavy atom. The summed E-state index contributed by atoms with van der Waals surface area (Å²) < 4.78 is 5.73. The molecule has 34 heavy (non-hydrogen) atoms. The predicted molar refractivity (Wildman–Crippen MR) is 132 cm³/mol. The second-order valence-corrected chi connectivity index (χ2v) is 8.09. The molecule has 0 spiro atoms. The molecule has 1 atom stereocenters. The number of amides is 1.